The molecule has 0 radical (unpaired) electrons. The first-order chi connectivity index (χ1) is 10.2. The van der Waals surface area contributed by atoms with Crippen molar-refractivity contribution in [1.29, 1.82) is 0 Å². The van der Waals surface area contributed by atoms with Crippen molar-refractivity contribution < 1.29 is 44.2 Å². The number of aryl methyl sites for hydroxylation is 1. The fourth-order valence-electron chi connectivity index (χ4n) is 2.36. The number of benzene rings is 1. The van der Waals surface area contributed by atoms with E-state index in [0.29, 0.717) is 5.75 Å². The van der Waals surface area contributed by atoms with Crippen molar-refractivity contribution in [3.05, 3.63) is 29.8 Å². The predicted octanol–water partition coefficient (Wildman–Crippen LogP) is 0.503. The maximum absolute atomic E-state index is 10.3. The Bertz CT molecular complexity index is 390. The Morgan fingerprint density at radius 1 is 0.955 bits per heavy atom. The second-order valence-corrected chi connectivity index (χ2v) is 5.53. The fraction of sp³-hybridized carbons (Fsp3) is 0.611. The minimum atomic E-state index is -1.20. The molecular formula is C18H27NaO3. The first-order valence-corrected chi connectivity index (χ1v) is 8.14. The van der Waals surface area contributed by atoms with Crippen molar-refractivity contribution in [3.63, 3.8) is 0 Å². The van der Waals surface area contributed by atoms with Gasteiger partial charge < -0.3 is 14.6 Å². The van der Waals surface area contributed by atoms with Crippen molar-refractivity contribution in [2.24, 2.45) is 0 Å². The second kappa shape index (κ2) is 14.1. The van der Waals surface area contributed by atoms with Crippen LogP contribution in [0, 0.1) is 0 Å². The minimum absolute atomic E-state index is 0. The summed E-state index contributed by atoms with van der Waals surface area (Å²) in [5.41, 5.74) is 1.28. The molecule has 0 saturated carbocycles. The largest absolute Gasteiger partial charge is 1.00 e. The van der Waals surface area contributed by atoms with E-state index in [1.165, 1.54) is 56.9 Å². The molecule has 22 heavy (non-hydrogen) atoms. The Morgan fingerprint density at radius 2 is 1.50 bits per heavy atom. The molecule has 1 rings (SSSR count). The molecule has 4 heteroatoms. The van der Waals surface area contributed by atoms with Crippen LogP contribution in [0.5, 0.6) is 5.75 Å². The Morgan fingerprint density at radius 3 is 2.05 bits per heavy atom. The minimum Gasteiger partial charge on any atom is -0.546 e. The van der Waals surface area contributed by atoms with Gasteiger partial charge in [0, 0.05) is 0 Å². The second-order valence-electron chi connectivity index (χ2n) is 5.53. The number of carboxylic acids is 1. The van der Waals surface area contributed by atoms with E-state index in [4.69, 9.17) is 4.74 Å². The van der Waals surface area contributed by atoms with E-state index < -0.39 is 12.6 Å². The smallest absolute Gasteiger partial charge is 0.546 e. The predicted molar refractivity (Wildman–Crippen MR) is 83.3 cm³/mol. The fourth-order valence-corrected chi connectivity index (χ4v) is 2.36. The molecule has 1 aromatic carbocycles. The number of hydrogen-bond acceptors (Lipinski definition) is 3. The molecule has 0 amide bonds. The van der Waals surface area contributed by atoms with E-state index in [-0.39, 0.29) is 29.6 Å². The third-order valence-corrected chi connectivity index (χ3v) is 3.60. The van der Waals surface area contributed by atoms with Gasteiger partial charge in [-0.15, -0.1) is 0 Å². The molecule has 1 aromatic rings. The zero-order chi connectivity index (χ0) is 15.3. The van der Waals surface area contributed by atoms with Gasteiger partial charge in [-0.05, 0) is 30.5 Å². The quantitative estimate of drug-likeness (QED) is 0.417. The summed E-state index contributed by atoms with van der Waals surface area (Å²) in [4.78, 5) is 10.3. The third kappa shape index (κ3) is 11.1. The van der Waals surface area contributed by atoms with Gasteiger partial charge in [-0.2, -0.15) is 0 Å². The van der Waals surface area contributed by atoms with Crippen molar-refractivity contribution in [2.45, 2.75) is 64.7 Å². The van der Waals surface area contributed by atoms with Crippen LogP contribution in [0.4, 0.5) is 0 Å². The number of rotatable bonds is 12. The van der Waals surface area contributed by atoms with Crippen LogP contribution in [0.2, 0.25) is 0 Å². The van der Waals surface area contributed by atoms with Crippen molar-refractivity contribution in [2.75, 3.05) is 6.61 Å². The number of unbranched alkanes of at least 4 members (excludes halogenated alkanes) is 7. The van der Waals surface area contributed by atoms with Crippen molar-refractivity contribution in [1.82, 2.24) is 0 Å². The van der Waals surface area contributed by atoms with Gasteiger partial charge in [0.25, 0.3) is 0 Å². The zero-order valence-electron chi connectivity index (χ0n) is 14.1. The Balaban J connectivity index is 0.00000441. The molecule has 0 aliphatic carbocycles. The number of ether oxygens (including phenoxy) is 1. The van der Waals surface area contributed by atoms with Gasteiger partial charge >= 0.3 is 29.6 Å². The molecule has 0 atom stereocenters. The summed E-state index contributed by atoms with van der Waals surface area (Å²) in [7, 11) is 0. The summed E-state index contributed by atoms with van der Waals surface area (Å²) in [6.45, 7) is 1.85. The summed E-state index contributed by atoms with van der Waals surface area (Å²) < 4.78 is 5.05. The maximum atomic E-state index is 10.3. The van der Waals surface area contributed by atoms with E-state index in [2.05, 4.69) is 6.92 Å². The molecule has 118 valence electrons. The molecule has 3 nitrogen and oxygen atoms in total. The standard InChI is InChI=1S/C18H28O3.Na/c1-2-3-4-5-6-7-8-9-10-16-11-13-17(14-12-16)21-15-18(19)20;/h11-14H,2-10,15H2,1H3,(H,19,20);/q;+1/p-1. The topological polar surface area (TPSA) is 49.4 Å². The first kappa shape index (κ1) is 21.5. The van der Waals surface area contributed by atoms with Crippen LogP contribution in [0.15, 0.2) is 24.3 Å². The van der Waals surface area contributed by atoms with Crippen LogP contribution < -0.4 is 39.4 Å². The van der Waals surface area contributed by atoms with Gasteiger partial charge in [0.05, 0.1) is 5.97 Å². The monoisotopic (exact) mass is 314 g/mol. The number of aliphatic carboxylic acids is 1. The molecule has 0 N–H and O–H groups in total. The molecule has 0 spiro atoms. The van der Waals surface area contributed by atoms with Gasteiger partial charge in [-0.1, -0.05) is 64.0 Å². The SMILES string of the molecule is CCCCCCCCCCc1ccc(OCC(=O)[O-])cc1.[Na+]. The van der Waals surface area contributed by atoms with E-state index >= 15 is 0 Å². The number of carboxylic acid groups (broad SMARTS) is 1. The van der Waals surface area contributed by atoms with Gasteiger partial charge in [0.15, 0.2) is 0 Å². The molecule has 0 bridgehead atoms. The van der Waals surface area contributed by atoms with Gasteiger partial charge in [0.2, 0.25) is 0 Å². The maximum Gasteiger partial charge on any atom is 1.00 e. The first-order valence-electron chi connectivity index (χ1n) is 8.14. The summed E-state index contributed by atoms with van der Waals surface area (Å²) in [5.74, 6) is -0.614. The number of carbonyl (C=O) groups is 1. The normalized spacial score (nSPS) is 10.0. The third-order valence-electron chi connectivity index (χ3n) is 3.60. The van der Waals surface area contributed by atoms with E-state index in [1.54, 1.807) is 0 Å². The van der Waals surface area contributed by atoms with Gasteiger partial charge in [-0.3, -0.25) is 0 Å². The van der Waals surface area contributed by atoms with Crippen LogP contribution in [0.25, 0.3) is 0 Å². The Hall–Kier alpha value is -0.510. The van der Waals surface area contributed by atoms with Crippen molar-refractivity contribution >= 4 is 5.97 Å². The van der Waals surface area contributed by atoms with Crippen LogP contribution >= 0.6 is 0 Å². The Kier molecular flexibility index (Phi) is 13.8. The van der Waals surface area contributed by atoms with Gasteiger partial charge in [0.1, 0.15) is 12.4 Å². The summed E-state index contributed by atoms with van der Waals surface area (Å²) >= 11 is 0. The molecule has 0 aliphatic heterocycles. The summed E-state index contributed by atoms with van der Waals surface area (Å²) in [5, 5.41) is 10.3. The average molecular weight is 314 g/mol. The van der Waals surface area contributed by atoms with Crippen LogP contribution in [-0.4, -0.2) is 12.6 Å². The molecule has 0 aliphatic rings. The van der Waals surface area contributed by atoms with E-state index in [9.17, 15) is 9.90 Å². The summed E-state index contributed by atoms with van der Waals surface area (Å²) in [6, 6.07) is 7.66. The van der Waals surface area contributed by atoms with E-state index in [1.807, 2.05) is 24.3 Å². The molecule has 0 fully saturated rings. The van der Waals surface area contributed by atoms with Crippen LogP contribution in [-0.2, 0) is 11.2 Å². The summed E-state index contributed by atoms with van der Waals surface area (Å²) in [6.07, 6.45) is 11.7. The zero-order valence-corrected chi connectivity index (χ0v) is 16.1. The molecule has 0 saturated heterocycles. The number of hydrogen-bond donors (Lipinski definition) is 0. The average Bonchev–Trinajstić information content (AvgIpc) is 2.49. The molecule has 0 aromatic heterocycles. The molecule has 0 heterocycles. The van der Waals surface area contributed by atoms with Crippen LogP contribution in [0.3, 0.4) is 0 Å². The Labute approximate surface area is 156 Å². The van der Waals surface area contributed by atoms with Crippen LogP contribution in [0.1, 0.15) is 63.9 Å². The molecular weight excluding hydrogens is 287 g/mol. The number of carbonyl (C=O) groups excluding carboxylic acids is 1. The van der Waals surface area contributed by atoms with Gasteiger partial charge in [-0.25, -0.2) is 0 Å². The molecule has 0 unspecified atom stereocenters. The van der Waals surface area contributed by atoms with Crippen molar-refractivity contribution in [3.8, 4) is 5.75 Å². The van der Waals surface area contributed by atoms with E-state index in [0.717, 1.165) is 6.42 Å².